The highest BCUT2D eigenvalue weighted by atomic mass is 35.5. The molecule has 3 heteroatoms. The molecule has 0 aliphatic rings. The molecule has 2 rings (SSSR count). The summed E-state index contributed by atoms with van der Waals surface area (Å²) in [6.07, 6.45) is 1.81. The van der Waals surface area contributed by atoms with Crippen LogP contribution in [0.2, 0.25) is 0 Å². The van der Waals surface area contributed by atoms with E-state index in [4.69, 9.17) is 10.5 Å². The van der Waals surface area contributed by atoms with Gasteiger partial charge in [-0.2, -0.15) is 0 Å². The zero-order valence-corrected chi connectivity index (χ0v) is 13.7. The molecule has 0 heterocycles. The standard InChI is InChI=1S/C18H23NO.ClH/c1-4-16(19)12-15-7-5-6-8-18(15)20-17-10-13(2)9-14(3)11-17;/h5-11,16H,4,12,19H2,1-3H3;1H. The lowest BCUT2D eigenvalue weighted by Crippen LogP contribution is -2.21. The number of hydrogen-bond donors (Lipinski definition) is 1. The van der Waals surface area contributed by atoms with Crippen molar-refractivity contribution in [2.45, 2.75) is 39.7 Å². The van der Waals surface area contributed by atoms with E-state index < -0.39 is 0 Å². The molecule has 0 spiro atoms. The number of rotatable bonds is 5. The molecule has 0 amide bonds. The maximum absolute atomic E-state index is 6.06. The molecule has 0 aliphatic carbocycles. The van der Waals surface area contributed by atoms with Gasteiger partial charge in [0.05, 0.1) is 0 Å². The van der Waals surface area contributed by atoms with E-state index in [9.17, 15) is 0 Å². The smallest absolute Gasteiger partial charge is 0.130 e. The van der Waals surface area contributed by atoms with Gasteiger partial charge in [-0.1, -0.05) is 31.2 Å². The number of ether oxygens (including phenoxy) is 1. The molecular weight excluding hydrogens is 282 g/mol. The van der Waals surface area contributed by atoms with Crippen molar-refractivity contribution in [2.24, 2.45) is 5.73 Å². The third kappa shape index (κ3) is 5.07. The first-order valence-electron chi connectivity index (χ1n) is 7.18. The first-order chi connectivity index (χ1) is 9.58. The van der Waals surface area contributed by atoms with E-state index in [0.717, 1.165) is 24.3 Å². The van der Waals surface area contributed by atoms with Gasteiger partial charge < -0.3 is 10.5 Å². The van der Waals surface area contributed by atoms with Crippen molar-refractivity contribution in [3.63, 3.8) is 0 Å². The van der Waals surface area contributed by atoms with Crippen molar-refractivity contribution in [1.82, 2.24) is 0 Å². The van der Waals surface area contributed by atoms with Crippen molar-refractivity contribution in [2.75, 3.05) is 0 Å². The molecule has 0 saturated heterocycles. The molecule has 114 valence electrons. The normalized spacial score (nSPS) is 11.6. The third-order valence-electron chi connectivity index (χ3n) is 3.40. The monoisotopic (exact) mass is 305 g/mol. The predicted octanol–water partition coefficient (Wildman–Crippen LogP) is 4.80. The topological polar surface area (TPSA) is 35.2 Å². The van der Waals surface area contributed by atoms with Gasteiger partial charge in [0.2, 0.25) is 0 Å². The van der Waals surface area contributed by atoms with Gasteiger partial charge in [-0.25, -0.2) is 0 Å². The summed E-state index contributed by atoms with van der Waals surface area (Å²) in [4.78, 5) is 0. The minimum Gasteiger partial charge on any atom is -0.457 e. The quantitative estimate of drug-likeness (QED) is 0.861. The summed E-state index contributed by atoms with van der Waals surface area (Å²) in [7, 11) is 0. The molecular formula is C18H24ClNO. The lowest BCUT2D eigenvalue weighted by molar-refractivity contribution is 0.471. The summed E-state index contributed by atoms with van der Waals surface area (Å²) in [5.41, 5.74) is 9.65. The van der Waals surface area contributed by atoms with Gasteiger partial charge in [-0.05, 0) is 61.6 Å². The van der Waals surface area contributed by atoms with Gasteiger partial charge in [0.25, 0.3) is 0 Å². The lowest BCUT2D eigenvalue weighted by Gasteiger charge is -2.14. The number of benzene rings is 2. The van der Waals surface area contributed by atoms with Crippen molar-refractivity contribution < 1.29 is 4.74 Å². The Kier molecular flexibility index (Phi) is 6.73. The van der Waals surface area contributed by atoms with Crippen molar-refractivity contribution in [3.8, 4) is 11.5 Å². The molecule has 2 N–H and O–H groups in total. The van der Waals surface area contributed by atoms with Crippen LogP contribution in [0.25, 0.3) is 0 Å². The van der Waals surface area contributed by atoms with E-state index in [2.05, 4.69) is 45.0 Å². The Bertz CT molecular complexity index is 563. The van der Waals surface area contributed by atoms with Gasteiger partial charge >= 0.3 is 0 Å². The van der Waals surface area contributed by atoms with E-state index in [1.165, 1.54) is 16.7 Å². The van der Waals surface area contributed by atoms with Crippen LogP contribution >= 0.6 is 12.4 Å². The molecule has 0 aliphatic heterocycles. The van der Waals surface area contributed by atoms with Crippen molar-refractivity contribution in [1.29, 1.82) is 0 Å². The fourth-order valence-corrected chi connectivity index (χ4v) is 2.32. The van der Waals surface area contributed by atoms with Gasteiger partial charge in [-0.15, -0.1) is 12.4 Å². The van der Waals surface area contributed by atoms with Gasteiger partial charge in [0, 0.05) is 6.04 Å². The second-order valence-corrected chi connectivity index (χ2v) is 5.41. The molecule has 2 nitrogen and oxygen atoms in total. The second-order valence-electron chi connectivity index (χ2n) is 5.41. The molecule has 0 fully saturated rings. The number of aryl methyl sites for hydroxylation is 2. The van der Waals surface area contributed by atoms with E-state index in [1.807, 2.05) is 18.2 Å². The number of para-hydroxylation sites is 1. The first-order valence-corrected chi connectivity index (χ1v) is 7.18. The number of halogens is 1. The maximum Gasteiger partial charge on any atom is 0.130 e. The zero-order valence-electron chi connectivity index (χ0n) is 12.9. The Morgan fingerprint density at radius 1 is 1.05 bits per heavy atom. The average Bonchev–Trinajstić information content (AvgIpc) is 2.39. The second kappa shape index (κ2) is 8.06. The van der Waals surface area contributed by atoms with Crippen LogP contribution in [0.5, 0.6) is 11.5 Å². The molecule has 0 saturated carbocycles. The Labute approximate surface area is 133 Å². The summed E-state index contributed by atoms with van der Waals surface area (Å²) in [5.74, 6) is 1.79. The molecule has 2 aromatic carbocycles. The molecule has 0 bridgehead atoms. The molecule has 2 aromatic rings. The lowest BCUT2D eigenvalue weighted by atomic mass is 10.0. The highest BCUT2D eigenvalue weighted by Gasteiger charge is 2.08. The number of hydrogen-bond acceptors (Lipinski definition) is 2. The van der Waals surface area contributed by atoms with E-state index in [-0.39, 0.29) is 18.4 Å². The highest BCUT2D eigenvalue weighted by Crippen LogP contribution is 2.27. The van der Waals surface area contributed by atoms with Crippen LogP contribution in [0.3, 0.4) is 0 Å². The van der Waals surface area contributed by atoms with E-state index in [0.29, 0.717) is 0 Å². The van der Waals surface area contributed by atoms with Crippen molar-refractivity contribution in [3.05, 3.63) is 59.2 Å². The van der Waals surface area contributed by atoms with Gasteiger partial charge in [0.1, 0.15) is 11.5 Å². The van der Waals surface area contributed by atoms with Crippen molar-refractivity contribution >= 4 is 12.4 Å². The highest BCUT2D eigenvalue weighted by molar-refractivity contribution is 5.85. The fraction of sp³-hybridized carbons (Fsp3) is 0.333. The fourth-order valence-electron chi connectivity index (χ4n) is 2.32. The predicted molar refractivity (Wildman–Crippen MR) is 91.7 cm³/mol. The maximum atomic E-state index is 6.06. The largest absolute Gasteiger partial charge is 0.457 e. The molecule has 21 heavy (non-hydrogen) atoms. The summed E-state index contributed by atoms with van der Waals surface area (Å²) < 4.78 is 6.06. The van der Waals surface area contributed by atoms with Gasteiger partial charge in [0.15, 0.2) is 0 Å². The van der Waals surface area contributed by atoms with Crippen LogP contribution in [0.15, 0.2) is 42.5 Å². The zero-order chi connectivity index (χ0) is 14.5. The SMILES string of the molecule is CCC(N)Cc1ccccc1Oc1cc(C)cc(C)c1.Cl. The Morgan fingerprint density at radius 2 is 1.67 bits per heavy atom. The van der Waals surface area contributed by atoms with Gasteiger partial charge in [-0.3, -0.25) is 0 Å². The minimum atomic E-state index is 0. The Morgan fingerprint density at radius 3 is 2.29 bits per heavy atom. The van der Waals surface area contributed by atoms with E-state index in [1.54, 1.807) is 0 Å². The Hall–Kier alpha value is -1.51. The molecule has 0 radical (unpaired) electrons. The summed E-state index contributed by atoms with van der Waals surface area (Å²) in [5, 5.41) is 0. The summed E-state index contributed by atoms with van der Waals surface area (Å²) in [6, 6.07) is 14.6. The van der Waals surface area contributed by atoms with Crippen LogP contribution in [0.1, 0.15) is 30.0 Å². The minimum absolute atomic E-state index is 0. The summed E-state index contributed by atoms with van der Waals surface area (Å²) >= 11 is 0. The summed E-state index contributed by atoms with van der Waals surface area (Å²) in [6.45, 7) is 6.27. The first kappa shape index (κ1) is 17.5. The molecule has 0 aromatic heterocycles. The van der Waals surface area contributed by atoms with Crippen LogP contribution in [-0.2, 0) is 6.42 Å². The Balaban J connectivity index is 0.00000220. The van der Waals surface area contributed by atoms with Crippen LogP contribution in [0.4, 0.5) is 0 Å². The van der Waals surface area contributed by atoms with Crippen LogP contribution in [-0.4, -0.2) is 6.04 Å². The molecule has 1 unspecified atom stereocenters. The van der Waals surface area contributed by atoms with E-state index >= 15 is 0 Å². The van der Waals surface area contributed by atoms with Crippen LogP contribution < -0.4 is 10.5 Å². The third-order valence-corrected chi connectivity index (χ3v) is 3.40. The van der Waals surface area contributed by atoms with Crippen LogP contribution in [0, 0.1) is 13.8 Å². The molecule has 1 atom stereocenters. The average molecular weight is 306 g/mol. The number of nitrogens with two attached hydrogens (primary N) is 1.